The van der Waals surface area contributed by atoms with Gasteiger partial charge in [-0.1, -0.05) is 12.1 Å². The smallest absolute Gasteiger partial charge is 0.142 e. The zero-order valence-electron chi connectivity index (χ0n) is 8.78. The highest BCUT2D eigenvalue weighted by Gasteiger charge is 2.05. The lowest BCUT2D eigenvalue weighted by Gasteiger charge is -2.09. The Bertz CT molecular complexity index is 489. The predicted molar refractivity (Wildman–Crippen MR) is 61.5 cm³/mol. The van der Waals surface area contributed by atoms with E-state index in [1.807, 2.05) is 30.3 Å². The number of hydrogen-bond donors (Lipinski definition) is 1. The fourth-order valence-corrected chi connectivity index (χ4v) is 1.61. The van der Waals surface area contributed by atoms with Gasteiger partial charge in [-0.3, -0.25) is 0 Å². The van der Waals surface area contributed by atoms with Gasteiger partial charge >= 0.3 is 0 Å². The molecule has 0 aliphatic heterocycles. The maximum absolute atomic E-state index is 5.97. The molecule has 0 aliphatic rings. The molecule has 0 saturated heterocycles. The number of nitrogens with two attached hydrogens (primary N) is 1. The molecule has 2 rings (SSSR count). The molecule has 78 valence electrons. The fourth-order valence-electron chi connectivity index (χ4n) is 1.61. The van der Waals surface area contributed by atoms with E-state index in [-0.39, 0.29) is 0 Å². The lowest BCUT2D eigenvalue weighted by atomic mass is 10.1. The molecular formula is C12H13NO2. The normalized spacial score (nSPS) is 10.3. The molecule has 0 fully saturated rings. The Labute approximate surface area is 88.4 Å². The summed E-state index contributed by atoms with van der Waals surface area (Å²) >= 11 is 0. The molecule has 0 saturated carbocycles. The molecule has 15 heavy (non-hydrogen) atoms. The predicted octanol–water partition coefficient (Wildman–Crippen LogP) is 2.44. The van der Waals surface area contributed by atoms with Gasteiger partial charge in [0.1, 0.15) is 11.5 Å². The molecular weight excluding hydrogens is 190 g/mol. The fraction of sp³-hybridized carbons (Fsp3) is 0.167. The maximum atomic E-state index is 5.97. The summed E-state index contributed by atoms with van der Waals surface area (Å²) < 4.78 is 10.3. The Kier molecular flexibility index (Phi) is 2.37. The molecule has 2 aromatic rings. The van der Waals surface area contributed by atoms with Crippen LogP contribution in [0.5, 0.6) is 11.5 Å². The standard InChI is InChI=1S/C12H13NO2/c1-14-9-5-3-8-4-6-11(15-2)12(13)10(8)7-9/h3-7H,13H2,1-2H3. The van der Waals surface area contributed by atoms with E-state index in [0.29, 0.717) is 11.4 Å². The molecule has 0 aromatic heterocycles. The minimum Gasteiger partial charge on any atom is -0.497 e. The van der Waals surface area contributed by atoms with Crippen molar-refractivity contribution in [3.8, 4) is 11.5 Å². The van der Waals surface area contributed by atoms with Crippen LogP contribution >= 0.6 is 0 Å². The van der Waals surface area contributed by atoms with E-state index in [1.165, 1.54) is 0 Å². The van der Waals surface area contributed by atoms with E-state index < -0.39 is 0 Å². The van der Waals surface area contributed by atoms with E-state index >= 15 is 0 Å². The van der Waals surface area contributed by atoms with E-state index in [4.69, 9.17) is 15.2 Å². The van der Waals surface area contributed by atoms with Crippen LogP contribution in [0.1, 0.15) is 0 Å². The average Bonchev–Trinajstić information content (AvgIpc) is 2.29. The van der Waals surface area contributed by atoms with Crippen molar-refractivity contribution in [2.75, 3.05) is 20.0 Å². The van der Waals surface area contributed by atoms with Crippen molar-refractivity contribution in [2.45, 2.75) is 0 Å². The van der Waals surface area contributed by atoms with Gasteiger partial charge in [-0.2, -0.15) is 0 Å². The second-order valence-electron chi connectivity index (χ2n) is 3.27. The third-order valence-corrected chi connectivity index (χ3v) is 2.45. The highest BCUT2D eigenvalue weighted by atomic mass is 16.5. The number of nitrogen functional groups attached to an aromatic ring is 1. The number of methoxy groups -OCH3 is 2. The highest BCUT2D eigenvalue weighted by molar-refractivity contribution is 5.96. The van der Waals surface area contributed by atoms with E-state index in [1.54, 1.807) is 14.2 Å². The van der Waals surface area contributed by atoms with E-state index in [9.17, 15) is 0 Å². The van der Waals surface area contributed by atoms with Crippen LogP contribution in [0.3, 0.4) is 0 Å². The van der Waals surface area contributed by atoms with Crippen molar-refractivity contribution in [3.63, 3.8) is 0 Å². The number of anilines is 1. The Morgan fingerprint density at radius 1 is 1.00 bits per heavy atom. The first-order chi connectivity index (χ1) is 7.26. The first kappa shape index (κ1) is 9.65. The summed E-state index contributed by atoms with van der Waals surface area (Å²) in [6, 6.07) is 9.64. The van der Waals surface area contributed by atoms with Crippen LogP contribution in [0.2, 0.25) is 0 Å². The van der Waals surface area contributed by atoms with Gasteiger partial charge in [-0.05, 0) is 23.6 Å². The van der Waals surface area contributed by atoms with Crippen LogP contribution in [0.25, 0.3) is 10.8 Å². The summed E-state index contributed by atoms with van der Waals surface area (Å²) in [5.41, 5.74) is 6.62. The third-order valence-electron chi connectivity index (χ3n) is 2.45. The number of ether oxygens (including phenoxy) is 2. The van der Waals surface area contributed by atoms with Gasteiger partial charge in [0.25, 0.3) is 0 Å². The number of hydrogen-bond acceptors (Lipinski definition) is 3. The molecule has 2 N–H and O–H groups in total. The molecule has 3 nitrogen and oxygen atoms in total. The van der Waals surface area contributed by atoms with Crippen molar-refractivity contribution in [3.05, 3.63) is 30.3 Å². The van der Waals surface area contributed by atoms with Gasteiger partial charge in [0.05, 0.1) is 19.9 Å². The van der Waals surface area contributed by atoms with E-state index in [0.717, 1.165) is 16.5 Å². The van der Waals surface area contributed by atoms with Crippen molar-refractivity contribution < 1.29 is 9.47 Å². The van der Waals surface area contributed by atoms with Crippen molar-refractivity contribution in [1.29, 1.82) is 0 Å². The molecule has 0 bridgehead atoms. The van der Waals surface area contributed by atoms with Crippen molar-refractivity contribution in [2.24, 2.45) is 0 Å². The first-order valence-corrected chi connectivity index (χ1v) is 4.66. The molecule has 0 aliphatic carbocycles. The van der Waals surface area contributed by atoms with Gasteiger partial charge in [-0.15, -0.1) is 0 Å². The number of fused-ring (bicyclic) bond motifs is 1. The molecule has 0 spiro atoms. The topological polar surface area (TPSA) is 44.5 Å². The summed E-state index contributed by atoms with van der Waals surface area (Å²) in [5.74, 6) is 1.48. The first-order valence-electron chi connectivity index (χ1n) is 4.66. The Morgan fingerprint density at radius 2 is 1.73 bits per heavy atom. The maximum Gasteiger partial charge on any atom is 0.142 e. The monoisotopic (exact) mass is 203 g/mol. The van der Waals surface area contributed by atoms with Crippen LogP contribution in [0.4, 0.5) is 5.69 Å². The van der Waals surface area contributed by atoms with Crippen LogP contribution in [-0.4, -0.2) is 14.2 Å². The van der Waals surface area contributed by atoms with E-state index in [2.05, 4.69) is 0 Å². The highest BCUT2D eigenvalue weighted by Crippen LogP contribution is 2.32. The lowest BCUT2D eigenvalue weighted by Crippen LogP contribution is -1.93. The van der Waals surface area contributed by atoms with Crippen LogP contribution in [-0.2, 0) is 0 Å². The number of rotatable bonds is 2. The second-order valence-corrected chi connectivity index (χ2v) is 3.27. The molecule has 0 unspecified atom stereocenters. The van der Waals surface area contributed by atoms with Gasteiger partial charge in [0.15, 0.2) is 0 Å². The molecule has 0 heterocycles. The molecule has 2 aromatic carbocycles. The molecule has 0 radical (unpaired) electrons. The summed E-state index contributed by atoms with van der Waals surface area (Å²) in [6.07, 6.45) is 0. The quantitative estimate of drug-likeness (QED) is 0.762. The Hall–Kier alpha value is -1.90. The molecule has 0 atom stereocenters. The van der Waals surface area contributed by atoms with Crippen molar-refractivity contribution >= 4 is 16.5 Å². The second kappa shape index (κ2) is 3.69. The van der Waals surface area contributed by atoms with Gasteiger partial charge in [0.2, 0.25) is 0 Å². The Balaban J connectivity index is 2.72. The third kappa shape index (κ3) is 1.56. The Morgan fingerprint density at radius 3 is 2.40 bits per heavy atom. The summed E-state index contributed by atoms with van der Waals surface area (Å²) in [6.45, 7) is 0. The zero-order chi connectivity index (χ0) is 10.8. The molecule has 0 amide bonds. The summed E-state index contributed by atoms with van der Waals surface area (Å²) in [5, 5.41) is 2.03. The SMILES string of the molecule is COc1ccc2ccc(OC)c(N)c2c1. The zero-order valence-corrected chi connectivity index (χ0v) is 8.78. The van der Waals surface area contributed by atoms with Crippen LogP contribution in [0.15, 0.2) is 30.3 Å². The number of benzene rings is 2. The van der Waals surface area contributed by atoms with Crippen LogP contribution in [0, 0.1) is 0 Å². The van der Waals surface area contributed by atoms with Crippen LogP contribution < -0.4 is 15.2 Å². The summed E-state index contributed by atoms with van der Waals surface area (Å²) in [7, 11) is 3.25. The summed E-state index contributed by atoms with van der Waals surface area (Å²) in [4.78, 5) is 0. The molecule has 3 heteroatoms. The van der Waals surface area contributed by atoms with Gasteiger partial charge in [-0.25, -0.2) is 0 Å². The van der Waals surface area contributed by atoms with Gasteiger partial charge in [0, 0.05) is 5.39 Å². The lowest BCUT2D eigenvalue weighted by molar-refractivity contribution is 0.414. The minimum atomic E-state index is 0.647. The minimum absolute atomic E-state index is 0.647. The average molecular weight is 203 g/mol. The van der Waals surface area contributed by atoms with Crippen molar-refractivity contribution in [1.82, 2.24) is 0 Å². The largest absolute Gasteiger partial charge is 0.497 e. The van der Waals surface area contributed by atoms with Gasteiger partial charge < -0.3 is 15.2 Å².